The normalized spacial score (nSPS) is 17.6. The quantitative estimate of drug-likeness (QED) is 0.582. The molecule has 138 valence electrons. The number of aromatic nitrogens is 3. The average molecular weight is 385 g/mol. The molecular formula is C19H17ClN4O3. The van der Waals surface area contributed by atoms with Crippen molar-refractivity contribution in [2.75, 3.05) is 26.3 Å². The minimum absolute atomic E-state index is 0.0265. The Hall–Kier alpha value is -2.61. The van der Waals surface area contributed by atoms with Gasteiger partial charge >= 0.3 is 0 Å². The Balaban J connectivity index is 1.45. The van der Waals surface area contributed by atoms with E-state index in [1.54, 1.807) is 22.8 Å². The van der Waals surface area contributed by atoms with E-state index < -0.39 is 0 Å². The predicted octanol–water partition coefficient (Wildman–Crippen LogP) is 3.16. The number of benzene rings is 1. The topological polar surface area (TPSA) is 73.8 Å². The molecule has 0 aliphatic carbocycles. The van der Waals surface area contributed by atoms with Crippen LogP contribution in [0.2, 0.25) is 5.02 Å². The predicted molar refractivity (Wildman–Crippen MR) is 101 cm³/mol. The van der Waals surface area contributed by atoms with Crippen molar-refractivity contribution in [1.29, 1.82) is 0 Å². The molecule has 8 heteroatoms. The maximum absolute atomic E-state index is 6.06. The molecular weight excluding hydrogens is 368 g/mol. The Labute approximate surface area is 159 Å². The first-order valence-electron chi connectivity index (χ1n) is 8.76. The van der Waals surface area contributed by atoms with Gasteiger partial charge in [-0.3, -0.25) is 0 Å². The van der Waals surface area contributed by atoms with Gasteiger partial charge in [0.15, 0.2) is 11.4 Å². The van der Waals surface area contributed by atoms with Gasteiger partial charge in [-0.25, -0.2) is 9.50 Å². The fraction of sp³-hybridized carbons (Fsp3) is 0.263. The van der Waals surface area contributed by atoms with Crippen LogP contribution in [-0.2, 0) is 4.74 Å². The molecule has 0 unspecified atom stereocenters. The zero-order valence-corrected chi connectivity index (χ0v) is 15.1. The second-order valence-corrected chi connectivity index (χ2v) is 6.82. The molecule has 1 fully saturated rings. The number of fused-ring (bicyclic) bond motifs is 2. The Kier molecular flexibility index (Phi) is 4.20. The van der Waals surface area contributed by atoms with Crippen LogP contribution >= 0.6 is 11.6 Å². The fourth-order valence-corrected chi connectivity index (χ4v) is 3.33. The lowest BCUT2D eigenvalue weighted by Gasteiger charge is -2.23. The SMILES string of the molecule is Clc1ccc2oc(-c3cnc4ccc(OC[C@H]5CNCCO5)nn34)cc2c1. The van der Waals surface area contributed by atoms with Crippen molar-refractivity contribution in [3.8, 4) is 17.3 Å². The summed E-state index contributed by atoms with van der Waals surface area (Å²) < 4.78 is 19.1. The molecule has 1 atom stereocenters. The molecule has 0 radical (unpaired) electrons. The molecule has 7 nitrogen and oxygen atoms in total. The van der Waals surface area contributed by atoms with E-state index in [2.05, 4.69) is 15.4 Å². The lowest BCUT2D eigenvalue weighted by molar-refractivity contribution is -0.000968. The molecule has 3 aromatic heterocycles. The van der Waals surface area contributed by atoms with Gasteiger partial charge in [0.05, 0.1) is 12.8 Å². The van der Waals surface area contributed by atoms with Crippen LogP contribution in [-0.4, -0.2) is 47.0 Å². The minimum Gasteiger partial charge on any atom is -0.474 e. The number of nitrogens with one attached hydrogen (secondary N) is 1. The number of imidazole rings is 1. The first kappa shape index (κ1) is 16.6. The molecule has 1 aliphatic rings. The second kappa shape index (κ2) is 6.84. The van der Waals surface area contributed by atoms with Crippen LogP contribution in [0.5, 0.6) is 5.88 Å². The van der Waals surface area contributed by atoms with Crippen LogP contribution < -0.4 is 10.1 Å². The summed E-state index contributed by atoms with van der Waals surface area (Å²) in [5.41, 5.74) is 2.23. The molecule has 1 saturated heterocycles. The molecule has 0 bridgehead atoms. The van der Waals surface area contributed by atoms with Crippen molar-refractivity contribution in [3.05, 3.63) is 47.6 Å². The molecule has 0 amide bonds. The molecule has 1 N–H and O–H groups in total. The van der Waals surface area contributed by atoms with Gasteiger partial charge in [-0.05, 0) is 30.3 Å². The Morgan fingerprint density at radius 1 is 1.26 bits per heavy atom. The number of furan rings is 1. The highest BCUT2D eigenvalue weighted by atomic mass is 35.5. The van der Waals surface area contributed by atoms with E-state index in [0.717, 1.165) is 29.8 Å². The van der Waals surface area contributed by atoms with Gasteiger partial charge in [-0.15, -0.1) is 5.10 Å². The Bertz CT molecular complexity index is 1100. The molecule has 0 spiro atoms. The van der Waals surface area contributed by atoms with Gasteiger partial charge in [-0.1, -0.05) is 11.6 Å². The van der Waals surface area contributed by atoms with E-state index in [1.165, 1.54) is 0 Å². The van der Waals surface area contributed by atoms with Crippen LogP contribution in [0.4, 0.5) is 0 Å². The molecule has 0 saturated carbocycles. The van der Waals surface area contributed by atoms with Gasteiger partial charge in [0.1, 0.15) is 24.0 Å². The van der Waals surface area contributed by atoms with E-state index in [1.807, 2.05) is 24.3 Å². The van der Waals surface area contributed by atoms with E-state index in [-0.39, 0.29) is 6.10 Å². The Morgan fingerprint density at radius 3 is 3.11 bits per heavy atom. The number of nitrogens with zero attached hydrogens (tertiary/aromatic N) is 3. The molecule has 4 heterocycles. The first-order chi connectivity index (χ1) is 13.3. The maximum Gasteiger partial charge on any atom is 0.231 e. The van der Waals surface area contributed by atoms with Crippen LogP contribution in [0.25, 0.3) is 28.1 Å². The van der Waals surface area contributed by atoms with Crippen LogP contribution in [0.15, 0.2) is 47.0 Å². The van der Waals surface area contributed by atoms with Crippen molar-refractivity contribution < 1.29 is 13.9 Å². The van der Waals surface area contributed by atoms with Gasteiger partial charge in [-0.2, -0.15) is 0 Å². The van der Waals surface area contributed by atoms with Gasteiger partial charge in [0.25, 0.3) is 0 Å². The largest absolute Gasteiger partial charge is 0.474 e. The smallest absolute Gasteiger partial charge is 0.231 e. The second-order valence-electron chi connectivity index (χ2n) is 6.39. The van der Waals surface area contributed by atoms with Crippen LogP contribution in [0, 0.1) is 0 Å². The summed E-state index contributed by atoms with van der Waals surface area (Å²) in [6.45, 7) is 2.79. The summed E-state index contributed by atoms with van der Waals surface area (Å²) in [4.78, 5) is 4.40. The highest BCUT2D eigenvalue weighted by molar-refractivity contribution is 6.31. The highest BCUT2D eigenvalue weighted by Crippen LogP contribution is 2.30. The van der Waals surface area contributed by atoms with Crippen molar-refractivity contribution in [3.63, 3.8) is 0 Å². The number of hydrogen-bond acceptors (Lipinski definition) is 6. The average Bonchev–Trinajstić information content (AvgIpc) is 3.30. The van der Waals surface area contributed by atoms with Crippen molar-refractivity contribution in [1.82, 2.24) is 19.9 Å². The molecule has 1 aliphatic heterocycles. The zero-order valence-electron chi connectivity index (χ0n) is 14.4. The Morgan fingerprint density at radius 2 is 2.22 bits per heavy atom. The van der Waals surface area contributed by atoms with Gasteiger partial charge < -0.3 is 19.2 Å². The lowest BCUT2D eigenvalue weighted by atomic mass is 10.2. The number of morpholine rings is 1. The van der Waals surface area contributed by atoms with Gasteiger partial charge in [0.2, 0.25) is 5.88 Å². The minimum atomic E-state index is 0.0265. The monoisotopic (exact) mass is 384 g/mol. The lowest BCUT2D eigenvalue weighted by Crippen LogP contribution is -2.41. The van der Waals surface area contributed by atoms with E-state index in [9.17, 15) is 0 Å². The summed E-state index contributed by atoms with van der Waals surface area (Å²) in [6.07, 6.45) is 1.76. The number of halogens is 1. The zero-order chi connectivity index (χ0) is 18.2. The molecule has 5 rings (SSSR count). The summed E-state index contributed by atoms with van der Waals surface area (Å²) >= 11 is 6.06. The third-order valence-electron chi connectivity index (χ3n) is 4.49. The number of ether oxygens (including phenoxy) is 2. The standard InChI is InChI=1S/C19H17ClN4O3/c20-13-1-2-16-12(7-13)8-17(27-16)15-10-22-18-3-4-19(23-24(15)18)26-11-14-9-21-5-6-25-14/h1-4,7-8,10,14,21H,5-6,9,11H2/t14-/m1/s1. The third kappa shape index (κ3) is 3.25. The van der Waals surface area contributed by atoms with Crippen LogP contribution in [0.3, 0.4) is 0 Å². The molecule has 1 aromatic carbocycles. The molecule has 27 heavy (non-hydrogen) atoms. The van der Waals surface area contributed by atoms with Crippen molar-refractivity contribution in [2.24, 2.45) is 0 Å². The van der Waals surface area contributed by atoms with E-state index in [0.29, 0.717) is 35.5 Å². The summed E-state index contributed by atoms with van der Waals surface area (Å²) in [6, 6.07) is 11.1. The summed E-state index contributed by atoms with van der Waals surface area (Å²) in [5, 5.41) is 9.44. The summed E-state index contributed by atoms with van der Waals surface area (Å²) in [5.74, 6) is 1.18. The first-order valence-corrected chi connectivity index (χ1v) is 9.13. The van der Waals surface area contributed by atoms with Gasteiger partial charge in [0, 0.05) is 29.6 Å². The van der Waals surface area contributed by atoms with Crippen molar-refractivity contribution in [2.45, 2.75) is 6.10 Å². The van der Waals surface area contributed by atoms with E-state index in [4.69, 9.17) is 25.5 Å². The van der Waals surface area contributed by atoms with E-state index >= 15 is 0 Å². The van der Waals surface area contributed by atoms with Crippen molar-refractivity contribution >= 4 is 28.2 Å². The fourth-order valence-electron chi connectivity index (χ4n) is 3.15. The molecule has 4 aromatic rings. The maximum atomic E-state index is 6.06. The summed E-state index contributed by atoms with van der Waals surface area (Å²) in [7, 11) is 0. The third-order valence-corrected chi connectivity index (χ3v) is 4.73. The number of hydrogen-bond donors (Lipinski definition) is 1. The highest BCUT2D eigenvalue weighted by Gasteiger charge is 2.16. The number of rotatable bonds is 4. The van der Waals surface area contributed by atoms with Crippen LogP contribution in [0.1, 0.15) is 0 Å².